The second-order valence-electron chi connectivity index (χ2n) is 4.81. The third-order valence-corrected chi connectivity index (χ3v) is 3.43. The van der Waals surface area contributed by atoms with Crippen molar-refractivity contribution < 1.29 is 9.53 Å². The Morgan fingerprint density at radius 1 is 1.35 bits per heavy atom. The number of carbonyl (C=O) groups excluding carboxylic acids is 1. The van der Waals surface area contributed by atoms with Gasteiger partial charge < -0.3 is 20.4 Å². The minimum Gasteiger partial charge on any atom is -0.464 e. The lowest BCUT2D eigenvalue weighted by atomic mass is 10.1. The van der Waals surface area contributed by atoms with Crippen molar-refractivity contribution in [3.63, 3.8) is 0 Å². The molecule has 3 aromatic rings. The molecule has 0 aliphatic carbocycles. The number of hydrogen-bond acceptors (Lipinski definition) is 8. The van der Waals surface area contributed by atoms with Crippen molar-refractivity contribution >= 4 is 28.6 Å². The van der Waals surface area contributed by atoms with Crippen LogP contribution in [0.15, 0.2) is 18.7 Å². The summed E-state index contributed by atoms with van der Waals surface area (Å²) in [6.07, 6.45) is 5.01. The topological polar surface area (TPSA) is 121 Å². The predicted molar refractivity (Wildman–Crippen MR) is 84.8 cm³/mol. The van der Waals surface area contributed by atoms with E-state index in [1.165, 1.54) is 7.11 Å². The van der Waals surface area contributed by atoms with Gasteiger partial charge in [-0.2, -0.15) is 0 Å². The number of rotatable bonds is 3. The van der Waals surface area contributed by atoms with Gasteiger partial charge in [0.2, 0.25) is 0 Å². The monoisotopic (exact) mass is 313 g/mol. The van der Waals surface area contributed by atoms with Gasteiger partial charge >= 0.3 is 5.97 Å². The quantitative estimate of drug-likeness (QED) is 0.682. The normalized spacial score (nSPS) is 10.7. The SMILES string of the molecule is CNc1nc(N)c(C(=O)OC)nc1-c1cncc2c1ncn2C. The molecule has 0 aromatic carbocycles. The van der Waals surface area contributed by atoms with Crippen molar-refractivity contribution in [1.29, 1.82) is 0 Å². The lowest BCUT2D eigenvalue weighted by Crippen LogP contribution is -2.13. The van der Waals surface area contributed by atoms with E-state index in [0.717, 1.165) is 5.52 Å². The summed E-state index contributed by atoms with van der Waals surface area (Å²) in [5.74, 6) is -0.235. The second kappa shape index (κ2) is 5.52. The van der Waals surface area contributed by atoms with Crippen LogP contribution in [0.2, 0.25) is 0 Å². The standard InChI is InChI=1S/C14H15N7O2/c1-16-13-10(19-11(12(15)20-13)14(22)23-3)7-4-17-5-8-9(7)18-6-21(8)2/h4-6H,1-3H3,(H3,15,16,20). The summed E-state index contributed by atoms with van der Waals surface area (Å²) >= 11 is 0. The number of fused-ring (bicyclic) bond motifs is 1. The number of nitrogens with zero attached hydrogens (tertiary/aromatic N) is 5. The van der Waals surface area contributed by atoms with Crippen molar-refractivity contribution in [2.75, 3.05) is 25.2 Å². The molecule has 0 bridgehead atoms. The Labute approximate surface area is 131 Å². The highest BCUT2D eigenvalue weighted by Crippen LogP contribution is 2.30. The number of anilines is 2. The van der Waals surface area contributed by atoms with Gasteiger partial charge in [0.05, 0.1) is 30.7 Å². The Kier molecular flexibility index (Phi) is 3.53. The molecule has 0 spiro atoms. The molecule has 3 N–H and O–H groups in total. The number of hydrogen-bond donors (Lipinski definition) is 2. The van der Waals surface area contributed by atoms with Gasteiger partial charge in [-0.15, -0.1) is 0 Å². The molecule has 0 saturated carbocycles. The van der Waals surface area contributed by atoms with Crippen molar-refractivity contribution in [1.82, 2.24) is 24.5 Å². The van der Waals surface area contributed by atoms with Gasteiger partial charge in [-0.05, 0) is 0 Å². The van der Waals surface area contributed by atoms with Crippen molar-refractivity contribution in [2.45, 2.75) is 0 Å². The Morgan fingerprint density at radius 2 is 2.13 bits per heavy atom. The summed E-state index contributed by atoms with van der Waals surface area (Å²) in [6.45, 7) is 0. The van der Waals surface area contributed by atoms with Crippen LogP contribution < -0.4 is 11.1 Å². The van der Waals surface area contributed by atoms with E-state index in [2.05, 4.69) is 25.3 Å². The first-order valence-electron chi connectivity index (χ1n) is 6.75. The van der Waals surface area contributed by atoms with E-state index >= 15 is 0 Å². The number of esters is 1. The molecule has 9 nitrogen and oxygen atoms in total. The number of aromatic nitrogens is 5. The van der Waals surface area contributed by atoms with Gasteiger partial charge in [0.25, 0.3) is 0 Å². The zero-order valence-electron chi connectivity index (χ0n) is 12.9. The van der Waals surface area contributed by atoms with E-state index < -0.39 is 5.97 Å². The highest BCUT2D eigenvalue weighted by Gasteiger charge is 2.21. The molecule has 0 unspecified atom stereocenters. The Balaban J connectivity index is 2.31. The van der Waals surface area contributed by atoms with Crippen LogP contribution in [0.3, 0.4) is 0 Å². The van der Waals surface area contributed by atoms with Crippen LogP contribution in [-0.2, 0) is 11.8 Å². The first-order valence-corrected chi connectivity index (χ1v) is 6.75. The molecule has 3 rings (SSSR count). The first-order chi connectivity index (χ1) is 11.1. The molecule has 23 heavy (non-hydrogen) atoms. The number of nitrogen functional groups attached to an aromatic ring is 1. The Bertz CT molecular complexity index is 904. The maximum atomic E-state index is 11.8. The average molecular weight is 313 g/mol. The average Bonchev–Trinajstić information content (AvgIpc) is 2.95. The maximum Gasteiger partial charge on any atom is 0.360 e. The first kappa shape index (κ1) is 14.7. The summed E-state index contributed by atoms with van der Waals surface area (Å²) in [5.41, 5.74) is 8.35. The molecular formula is C14H15N7O2. The van der Waals surface area contributed by atoms with Crippen LogP contribution in [0.5, 0.6) is 0 Å². The van der Waals surface area contributed by atoms with E-state index in [1.807, 2.05) is 11.6 Å². The fourth-order valence-electron chi connectivity index (χ4n) is 2.27. The second-order valence-corrected chi connectivity index (χ2v) is 4.81. The molecule has 3 heterocycles. The van der Waals surface area contributed by atoms with Crippen LogP contribution in [0.4, 0.5) is 11.6 Å². The van der Waals surface area contributed by atoms with Gasteiger partial charge in [0.1, 0.15) is 11.2 Å². The smallest absolute Gasteiger partial charge is 0.360 e. The molecule has 118 valence electrons. The van der Waals surface area contributed by atoms with Gasteiger partial charge in [-0.1, -0.05) is 0 Å². The van der Waals surface area contributed by atoms with Crippen molar-refractivity contribution in [3.05, 3.63) is 24.4 Å². The van der Waals surface area contributed by atoms with Crippen LogP contribution in [0, 0.1) is 0 Å². The molecule has 0 amide bonds. The lowest BCUT2D eigenvalue weighted by Gasteiger charge is -2.11. The number of aryl methyl sites for hydroxylation is 1. The van der Waals surface area contributed by atoms with E-state index in [1.54, 1.807) is 25.8 Å². The molecule has 0 fully saturated rings. The van der Waals surface area contributed by atoms with Crippen molar-refractivity contribution in [2.24, 2.45) is 7.05 Å². The summed E-state index contributed by atoms with van der Waals surface area (Å²) in [7, 11) is 4.82. The number of nitrogens with two attached hydrogens (primary N) is 1. The molecule has 9 heteroatoms. The minimum absolute atomic E-state index is 0.00824. The molecule has 3 aromatic heterocycles. The number of pyridine rings is 1. The largest absolute Gasteiger partial charge is 0.464 e. The molecule has 0 atom stereocenters. The third-order valence-electron chi connectivity index (χ3n) is 3.43. The van der Waals surface area contributed by atoms with E-state index in [9.17, 15) is 4.79 Å². The van der Waals surface area contributed by atoms with Crippen LogP contribution in [0.25, 0.3) is 22.3 Å². The fraction of sp³-hybridized carbons (Fsp3) is 0.214. The van der Waals surface area contributed by atoms with Crippen LogP contribution in [0.1, 0.15) is 10.5 Å². The number of imidazole rings is 1. The zero-order chi connectivity index (χ0) is 16.6. The molecular weight excluding hydrogens is 298 g/mol. The van der Waals surface area contributed by atoms with E-state index in [-0.39, 0.29) is 11.5 Å². The van der Waals surface area contributed by atoms with Crippen LogP contribution in [-0.4, -0.2) is 44.6 Å². The minimum atomic E-state index is -0.653. The van der Waals surface area contributed by atoms with Crippen LogP contribution >= 0.6 is 0 Å². The van der Waals surface area contributed by atoms with Crippen molar-refractivity contribution in [3.8, 4) is 11.3 Å². The van der Waals surface area contributed by atoms with Gasteiger partial charge in [-0.25, -0.2) is 19.7 Å². The third kappa shape index (κ3) is 2.31. The number of nitrogens with one attached hydrogen (secondary N) is 1. The fourth-order valence-corrected chi connectivity index (χ4v) is 2.27. The zero-order valence-corrected chi connectivity index (χ0v) is 12.9. The van der Waals surface area contributed by atoms with E-state index in [4.69, 9.17) is 10.5 Å². The molecule has 0 aliphatic heterocycles. The van der Waals surface area contributed by atoms with Gasteiger partial charge in [0.15, 0.2) is 17.3 Å². The molecule has 0 saturated heterocycles. The Morgan fingerprint density at radius 3 is 2.83 bits per heavy atom. The number of methoxy groups -OCH3 is 1. The van der Waals surface area contributed by atoms with Gasteiger partial charge in [-0.3, -0.25) is 4.98 Å². The maximum absolute atomic E-state index is 11.8. The number of carbonyl (C=O) groups is 1. The summed E-state index contributed by atoms with van der Waals surface area (Å²) < 4.78 is 6.54. The molecule has 0 aliphatic rings. The summed E-state index contributed by atoms with van der Waals surface area (Å²) in [4.78, 5) is 28.9. The Hall–Kier alpha value is -3.23. The van der Waals surface area contributed by atoms with E-state index in [0.29, 0.717) is 22.6 Å². The highest BCUT2D eigenvalue weighted by atomic mass is 16.5. The highest BCUT2D eigenvalue weighted by molar-refractivity contribution is 5.97. The lowest BCUT2D eigenvalue weighted by molar-refractivity contribution is 0.0595. The predicted octanol–water partition coefficient (Wildman–Crippen LogP) is 0.836. The summed E-state index contributed by atoms with van der Waals surface area (Å²) in [6, 6.07) is 0. The summed E-state index contributed by atoms with van der Waals surface area (Å²) in [5, 5.41) is 2.92. The van der Waals surface area contributed by atoms with Gasteiger partial charge in [0, 0.05) is 20.3 Å². The number of ether oxygens (including phenoxy) is 1. The molecule has 0 radical (unpaired) electrons.